The van der Waals surface area contributed by atoms with Crippen molar-refractivity contribution in [2.45, 2.75) is 23.5 Å². The van der Waals surface area contributed by atoms with E-state index in [1.54, 1.807) is 52.3 Å². The molecule has 190 valence electrons. The summed E-state index contributed by atoms with van der Waals surface area (Å²) < 4.78 is 9.52. The van der Waals surface area contributed by atoms with Crippen LogP contribution < -0.4 is 14.8 Å². The molecule has 0 spiro atoms. The largest absolute Gasteiger partial charge is 0.497 e. The number of aromatic nitrogens is 1. The number of thiazole rings is 1. The maximum absolute atomic E-state index is 13.3. The average molecular weight is 535 g/mol. The van der Waals surface area contributed by atoms with Crippen molar-refractivity contribution in [1.29, 1.82) is 0 Å². The third-order valence-corrected chi connectivity index (χ3v) is 7.88. The Hall–Kier alpha value is -3.82. The molecule has 0 saturated carbocycles. The van der Waals surface area contributed by atoms with Crippen molar-refractivity contribution < 1.29 is 24.2 Å². The summed E-state index contributed by atoms with van der Waals surface area (Å²) in [5.74, 6) is 0.211. The number of carboxylic acids is 1. The molecule has 4 aromatic rings. The van der Waals surface area contributed by atoms with Gasteiger partial charge in [-0.15, -0.1) is 23.1 Å². The zero-order valence-electron chi connectivity index (χ0n) is 20.8. The molecule has 4 rings (SSSR count). The summed E-state index contributed by atoms with van der Waals surface area (Å²) >= 11 is 2.69. The monoisotopic (exact) mass is 534 g/mol. The van der Waals surface area contributed by atoms with Crippen molar-refractivity contribution in [2.75, 3.05) is 19.5 Å². The lowest BCUT2D eigenvalue weighted by Crippen LogP contribution is -2.26. The van der Waals surface area contributed by atoms with Crippen molar-refractivity contribution in [2.24, 2.45) is 0 Å². The van der Waals surface area contributed by atoms with Crippen molar-refractivity contribution in [3.8, 4) is 32.5 Å². The summed E-state index contributed by atoms with van der Waals surface area (Å²) in [5, 5.41) is 13.0. The lowest BCUT2D eigenvalue weighted by molar-refractivity contribution is -0.138. The number of aliphatic carboxylic acids is 1. The minimum atomic E-state index is -0.947. The number of ether oxygens (including phenoxy) is 2. The van der Waals surface area contributed by atoms with Crippen LogP contribution in [-0.2, 0) is 4.79 Å². The molecule has 0 bridgehead atoms. The van der Waals surface area contributed by atoms with Gasteiger partial charge in [-0.05, 0) is 80.1 Å². The second kappa shape index (κ2) is 11.1. The Kier molecular flexibility index (Phi) is 7.85. The van der Waals surface area contributed by atoms with Gasteiger partial charge in [0.1, 0.15) is 26.9 Å². The van der Waals surface area contributed by atoms with Gasteiger partial charge in [-0.2, -0.15) is 0 Å². The third kappa shape index (κ3) is 6.12. The van der Waals surface area contributed by atoms with Crippen LogP contribution in [0.2, 0.25) is 0 Å². The Labute approximate surface area is 223 Å². The highest BCUT2D eigenvalue weighted by Gasteiger charge is 2.28. The normalized spacial score (nSPS) is 11.1. The molecule has 0 aliphatic carbocycles. The molecule has 0 saturated heterocycles. The van der Waals surface area contributed by atoms with Gasteiger partial charge in [-0.1, -0.05) is 12.1 Å². The Balaban J connectivity index is 1.67. The van der Waals surface area contributed by atoms with Crippen molar-refractivity contribution >= 4 is 40.7 Å². The summed E-state index contributed by atoms with van der Waals surface area (Å²) in [6, 6.07) is 22.1. The van der Waals surface area contributed by atoms with Gasteiger partial charge in [0.05, 0.1) is 19.1 Å². The van der Waals surface area contributed by atoms with E-state index < -0.39 is 10.7 Å². The van der Waals surface area contributed by atoms with E-state index in [1.165, 1.54) is 23.1 Å². The van der Waals surface area contributed by atoms with E-state index in [0.717, 1.165) is 26.6 Å². The molecule has 9 heteroatoms. The molecule has 0 radical (unpaired) electrons. The summed E-state index contributed by atoms with van der Waals surface area (Å²) in [4.78, 5) is 31.1. The van der Waals surface area contributed by atoms with E-state index in [1.807, 2.05) is 48.5 Å². The lowest BCUT2D eigenvalue weighted by Gasteiger charge is -2.18. The molecule has 0 atom stereocenters. The number of hydrogen-bond acceptors (Lipinski definition) is 7. The molecular formula is C28H26N2O5S2. The van der Waals surface area contributed by atoms with Crippen molar-refractivity contribution in [3.63, 3.8) is 0 Å². The number of carbonyl (C=O) groups is 2. The number of nitrogens with one attached hydrogen (secondary N) is 1. The lowest BCUT2D eigenvalue weighted by atomic mass is 10.1. The number of thioether (sulfide) groups is 1. The second-order valence-corrected chi connectivity index (χ2v) is 11.2. The summed E-state index contributed by atoms with van der Waals surface area (Å²) in [6.07, 6.45) is 0. The zero-order chi connectivity index (χ0) is 26.6. The maximum atomic E-state index is 13.3. The molecule has 1 amide bonds. The van der Waals surface area contributed by atoms with Crippen LogP contribution in [0.3, 0.4) is 0 Å². The highest BCUT2D eigenvalue weighted by molar-refractivity contribution is 8.01. The number of methoxy groups -OCH3 is 2. The second-order valence-electron chi connectivity index (χ2n) is 8.55. The molecule has 7 nitrogen and oxygen atoms in total. The van der Waals surface area contributed by atoms with Gasteiger partial charge in [-0.3, -0.25) is 9.59 Å². The van der Waals surface area contributed by atoms with Gasteiger partial charge in [0.15, 0.2) is 0 Å². The number of benzene rings is 3. The SMILES string of the molecule is COc1ccc(NC(=O)c2nc(-c3ccc(SC(C)(C)C(=O)O)cc3)sc2-c2ccc(OC)cc2)cc1. The Bertz CT molecular complexity index is 1400. The average Bonchev–Trinajstić information content (AvgIpc) is 3.35. The summed E-state index contributed by atoms with van der Waals surface area (Å²) in [6.45, 7) is 3.34. The predicted octanol–water partition coefficient (Wildman–Crippen LogP) is 6.70. The van der Waals surface area contributed by atoms with E-state index in [0.29, 0.717) is 22.1 Å². The molecule has 3 aromatic carbocycles. The molecule has 0 unspecified atom stereocenters. The quantitative estimate of drug-likeness (QED) is 0.231. The van der Waals surface area contributed by atoms with Crippen LogP contribution in [0.1, 0.15) is 24.3 Å². The van der Waals surface area contributed by atoms with Crippen LogP contribution in [0.5, 0.6) is 11.5 Å². The first-order valence-electron chi connectivity index (χ1n) is 11.3. The van der Waals surface area contributed by atoms with Crippen LogP contribution in [0.4, 0.5) is 5.69 Å². The summed E-state index contributed by atoms with van der Waals surface area (Å²) in [7, 11) is 3.19. The van der Waals surface area contributed by atoms with Crippen LogP contribution >= 0.6 is 23.1 Å². The Morgan fingerprint density at radius 2 is 1.41 bits per heavy atom. The molecule has 0 fully saturated rings. The van der Waals surface area contributed by atoms with E-state index >= 15 is 0 Å². The summed E-state index contributed by atoms with van der Waals surface area (Å²) in [5.41, 5.74) is 2.62. The number of anilines is 1. The highest BCUT2D eigenvalue weighted by atomic mass is 32.2. The van der Waals surface area contributed by atoms with Crippen molar-refractivity contribution in [3.05, 3.63) is 78.5 Å². The molecule has 0 aliphatic rings. The van der Waals surface area contributed by atoms with Gasteiger partial charge in [-0.25, -0.2) is 4.98 Å². The number of rotatable bonds is 9. The molecule has 2 N–H and O–H groups in total. The van der Waals surface area contributed by atoms with E-state index in [-0.39, 0.29) is 5.91 Å². The van der Waals surface area contributed by atoms with Gasteiger partial charge in [0.2, 0.25) is 0 Å². The number of carboxylic acid groups (broad SMARTS) is 1. The number of carbonyl (C=O) groups excluding carboxylic acids is 1. The first kappa shape index (κ1) is 26.2. The zero-order valence-corrected chi connectivity index (χ0v) is 22.4. The Morgan fingerprint density at radius 3 is 1.95 bits per heavy atom. The van der Waals surface area contributed by atoms with Gasteiger partial charge >= 0.3 is 5.97 Å². The van der Waals surface area contributed by atoms with Gasteiger partial charge in [0.25, 0.3) is 5.91 Å². The minimum Gasteiger partial charge on any atom is -0.497 e. The fourth-order valence-electron chi connectivity index (χ4n) is 3.40. The third-order valence-electron chi connectivity index (χ3n) is 5.53. The van der Waals surface area contributed by atoms with Crippen LogP contribution in [0.25, 0.3) is 21.0 Å². The molecule has 37 heavy (non-hydrogen) atoms. The number of amides is 1. The smallest absolute Gasteiger partial charge is 0.319 e. The topological polar surface area (TPSA) is 97.8 Å². The van der Waals surface area contributed by atoms with E-state index in [2.05, 4.69) is 5.32 Å². The number of hydrogen-bond donors (Lipinski definition) is 2. The highest BCUT2D eigenvalue weighted by Crippen LogP contribution is 2.38. The Morgan fingerprint density at radius 1 is 0.865 bits per heavy atom. The molecule has 1 aromatic heterocycles. The van der Waals surface area contributed by atoms with Crippen molar-refractivity contribution in [1.82, 2.24) is 4.98 Å². The minimum absolute atomic E-state index is 0.312. The van der Waals surface area contributed by atoms with Crippen LogP contribution in [0.15, 0.2) is 77.7 Å². The molecule has 0 aliphatic heterocycles. The van der Waals surface area contributed by atoms with Crippen LogP contribution in [-0.4, -0.2) is 40.9 Å². The standard InChI is InChI=1S/C28H26N2O5S2/c1-28(2,27(32)33)37-22-15-7-18(8-16-22)26-30-23(24(36-26)17-5-11-20(34-3)12-6-17)25(31)29-19-9-13-21(35-4)14-10-19/h5-16H,1-4H3,(H,29,31)(H,32,33). The maximum Gasteiger partial charge on any atom is 0.319 e. The predicted molar refractivity (Wildman–Crippen MR) is 148 cm³/mol. The fourth-order valence-corrected chi connectivity index (χ4v) is 5.43. The fraction of sp³-hybridized carbons (Fsp3) is 0.179. The van der Waals surface area contributed by atoms with E-state index in [9.17, 15) is 14.7 Å². The van der Waals surface area contributed by atoms with Crippen LogP contribution in [0, 0.1) is 0 Å². The molecular weight excluding hydrogens is 508 g/mol. The first-order valence-corrected chi connectivity index (χ1v) is 13.0. The first-order chi connectivity index (χ1) is 17.7. The molecule has 1 heterocycles. The van der Waals surface area contributed by atoms with Gasteiger partial charge < -0.3 is 19.9 Å². The van der Waals surface area contributed by atoms with Gasteiger partial charge in [0, 0.05) is 16.1 Å². The number of nitrogens with zero attached hydrogens (tertiary/aromatic N) is 1. The van der Waals surface area contributed by atoms with E-state index in [4.69, 9.17) is 14.5 Å².